The Morgan fingerprint density at radius 2 is 1.56 bits per heavy atom. The monoisotopic (exact) mass is 242 g/mol. The van der Waals surface area contributed by atoms with Crippen molar-refractivity contribution in [1.82, 2.24) is 9.97 Å². The van der Waals surface area contributed by atoms with Gasteiger partial charge in [-0.05, 0) is 34.6 Å². The highest BCUT2D eigenvalue weighted by Crippen LogP contribution is 2.22. The van der Waals surface area contributed by atoms with Gasteiger partial charge in [-0.1, -0.05) is 0 Å². The van der Waals surface area contributed by atoms with Crippen molar-refractivity contribution in [2.45, 2.75) is 45.1 Å². The number of aryl methyl sites for hydroxylation is 2. The van der Waals surface area contributed by atoms with E-state index in [2.05, 4.69) is 9.97 Å². The molecule has 1 aromatic rings. The van der Waals surface area contributed by atoms with E-state index >= 15 is 0 Å². The first-order valence-electron chi connectivity index (χ1n) is 5.14. The van der Waals surface area contributed by atoms with Crippen LogP contribution in [-0.4, -0.2) is 23.1 Å². The van der Waals surface area contributed by atoms with Crippen LogP contribution < -0.4 is 0 Å². The summed E-state index contributed by atoms with van der Waals surface area (Å²) in [5.74, 6) is 0.00894. The summed E-state index contributed by atoms with van der Waals surface area (Å²) in [6.45, 7) is 8.73. The highest BCUT2D eigenvalue weighted by molar-refractivity contribution is 7.91. The minimum absolute atomic E-state index is 0.00894. The second-order valence-electron chi connectivity index (χ2n) is 4.89. The second-order valence-corrected chi connectivity index (χ2v) is 7.64. The number of rotatable bonds is 2. The van der Waals surface area contributed by atoms with E-state index in [1.807, 2.05) is 13.8 Å². The van der Waals surface area contributed by atoms with Crippen LogP contribution in [0.25, 0.3) is 0 Å². The summed E-state index contributed by atoms with van der Waals surface area (Å²) in [5, 5.41) is 0. The van der Waals surface area contributed by atoms with E-state index in [9.17, 15) is 8.42 Å². The van der Waals surface area contributed by atoms with Gasteiger partial charge < -0.3 is 0 Å². The van der Waals surface area contributed by atoms with E-state index in [0.29, 0.717) is 0 Å². The second kappa shape index (κ2) is 4.13. The zero-order valence-electron chi connectivity index (χ0n) is 10.4. The predicted molar refractivity (Wildman–Crippen MR) is 63.9 cm³/mol. The number of hydrogen-bond donors (Lipinski definition) is 0. The van der Waals surface area contributed by atoms with Crippen LogP contribution in [-0.2, 0) is 15.6 Å². The van der Waals surface area contributed by atoms with Gasteiger partial charge in [0, 0.05) is 17.0 Å². The molecule has 0 unspecified atom stereocenters. The Balaban J connectivity index is 3.17. The molecular formula is C11H18N2O2S. The van der Waals surface area contributed by atoms with Crippen molar-refractivity contribution in [1.29, 1.82) is 0 Å². The third-order valence-electron chi connectivity index (χ3n) is 2.64. The van der Waals surface area contributed by atoms with Gasteiger partial charge in [0.05, 0.1) is 10.5 Å². The molecule has 0 aromatic carbocycles. The van der Waals surface area contributed by atoms with E-state index < -0.39 is 14.6 Å². The molecule has 1 heterocycles. The van der Waals surface area contributed by atoms with Gasteiger partial charge in [0.2, 0.25) is 0 Å². The first-order chi connectivity index (χ1) is 7.15. The average Bonchev–Trinajstić information content (AvgIpc) is 2.10. The Hall–Kier alpha value is -0.970. The van der Waals surface area contributed by atoms with Crippen LogP contribution in [0.15, 0.2) is 6.33 Å². The number of sulfone groups is 1. The number of nitrogens with zero attached hydrogens (tertiary/aromatic N) is 2. The van der Waals surface area contributed by atoms with Gasteiger partial charge in [-0.3, -0.25) is 0 Å². The lowest BCUT2D eigenvalue weighted by molar-refractivity contribution is 0.558. The molecule has 0 saturated carbocycles. The maximum absolute atomic E-state index is 12.1. The van der Waals surface area contributed by atoms with Crippen LogP contribution in [0.1, 0.15) is 37.7 Å². The molecule has 0 bridgehead atoms. The average molecular weight is 242 g/mol. The summed E-state index contributed by atoms with van der Waals surface area (Å²) in [4.78, 5) is 8.06. The fourth-order valence-corrected chi connectivity index (χ4v) is 2.47. The molecule has 1 rings (SSSR count). The molecule has 0 aliphatic rings. The number of hydrogen-bond acceptors (Lipinski definition) is 4. The van der Waals surface area contributed by atoms with Gasteiger partial charge in [-0.15, -0.1) is 0 Å². The van der Waals surface area contributed by atoms with E-state index in [0.717, 1.165) is 17.0 Å². The molecule has 0 amide bonds. The Kier molecular flexibility index (Phi) is 3.38. The van der Waals surface area contributed by atoms with Crippen LogP contribution in [0.2, 0.25) is 0 Å². The topological polar surface area (TPSA) is 59.9 Å². The van der Waals surface area contributed by atoms with Crippen LogP contribution in [0, 0.1) is 13.8 Å². The van der Waals surface area contributed by atoms with E-state index in [1.54, 1.807) is 20.8 Å². The minimum atomic E-state index is -3.18. The highest BCUT2D eigenvalue weighted by Gasteiger charge is 2.30. The van der Waals surface area contributed by atoms with Crippen molar-refractivity contribution in [2.75, 3.05) is 0 Å². The van der Waals surface area contributed by atoms with Crippen molar-refractivity contribution >= 4 is 9.84 Å². The normalized spacial score (nSPS) is 12.8. The summed E-state index contributed by atoms with van der Waals surface area (Å²) >= 11 is 0. The first-order valence-corrected chi connectivity index (χ1v) is 6.80. The summed E-state index contributed by atoms with van der Waals surface area (Å²) in [6, 6.07) is 0. The lowest BCUT2D eigenvalue weighted by Gasteiger charge is -2.20. The molecule has 0 radical (unpaired) electrons. The molecule has 0 atom stereocenters. The van der Waals surface area contributed by atoms with Crippen LogP contribution >= 0.6 is 0 Å². The van der Waals surface area contributed by atoms with Gasteiger partial charge in [0.25, 0.3) is 0 Å². The lowest BCUT2D eigenvalue weighted by atomic mass is 10.2. The zero-order chi connectivity index (χ0) is 12.6. The quantitative estimate of drug-likeness (QED) is 0.793. The Morgan fingerprint density at radius 3 is 1.94 bits per heavy atom. The Labute approximate surface area is 97.1 Å². The molecule has 0 aliphatic carbocycles. The molecule has 90 valence electrons. The summed E-state index contributed by atoms with van der Waals surface area (Å²) < 4.78 is 23.4. The van der Waals surface area contributed by atoms with Crippen molar-refractivity contribution in [3.8, 4) is 0 Å². The van der Waals surface area contributed by atoms with E-state index in [4.69, 9.17) is 0 Å². The predicted octanol–water partition coefficient (Wildman–Crippen LogP) is 1.81. The summed E-state index contributed by atoms with van der Waals surface area (Å²) in [6.07, 6.45) is 1.46. The van der Waals surface area contributed by atoms with Gasteiger partial charge in [0.15, 0.2) is 9.84 Å². The zero-order valence-corrected chi connectivity index (χ0v) is 11.2. The third kappa shape index (κ3) is 2.58. The maximum Gasteiger partial charge on any atom is 0.159 e. The highest BCUT2D eigenvalue weighted by atomic mass is 32.2. The van der Waals surface area contributed by atoms with Crippen molar-refractivity contribution in [3.05, 3.63) is 23.3 Å². The van der Waals surface area contributed by atoms with Crippen LogP contribution in [0.3, 0.4) is 0 Å². The van der Waals surface area contributed by atoms with Gasteiger partial charge >= 0.3 is 0 Å². The molecule has 1 aromatic heterocycles. The van der Waals surface area contributed by atoms with Crippen molar-refractivity contribution in [3.63, 3.8) is 0 Å². The van der Waals surface area contributed by atoms with Gasteiger partial charge in [-0.25, -0.2) is 18.4 Å². The molecule has 0 aliphatic heterocycles. The fraction of sp³-hybridized carbons (Fsp3) is 0.636. The molecular weight excluding hydrogens is 224 g/mol. The molecule has 0 N–H and O–H groups in total. The Bertz CT molecular complexity index is 467. The standard InChI is InChI=1S/C11H18N2O2S/c1-8-10(9(2)13-7-12-8)6-16(14,15)11(3,4)5/h7H,6H2,1-5H3. The smallest absolute Gasteiger partial charge is 0.159 e. The largest absolute Gasteiger partial charge is 0.241 e. The molecule has 0 saturated heterocycles. The third-order valence-corrected chi connectivity index (χ3v) is 5.18. The molecule has 0 spiro atoms. The van der Waals surface area contributed by atoms with Gasteiger partial charge in [0.1, 0.15) is 6.33 Å². The first kappa shape index (κ1) is 13.1. The summed E-state index contributed by atoms with van der Waals surface area (Å²) in [5.41, 5.74) is 2.19. The van der Waals surface area contributed by atoms with Crippen LogP contribution in [0.5, 0.6) is 0 Å². The van der Waals surface area contributed by atoms with E-state index in [1.165, 1.54) is 6.33 Å². The number of aromatic nitrogens is 2. The molecule has 5 heteroatoms. The fourth-order valence-electron chi connectivity index (χ4n) is 1.24. The van der Waals surface area contributed by atoms with Crippen molar-refractivity contribution < 1.29 is 8.42 Å². The molecule has 4 nitrogen and oxygen atoms in total. The van der Waals surface area contributed by atoms with Crippen LogP contribution in [0.4, 0.5) is 0 Å². The van der Waals surface area contributed by atoms with Crippen molar-refractivity contribution in [2.24, 2.45) is 0 Å². The lowest BCUT2D eigenvalue weighted by Crippen LogP contribution is -2.29. The molecule has 16 heavy (non-hydrogen) atoms. The Morgan fingerprint density at radius 1 is 1.12 bits per heavy atom. The van der Waals surface area contributed by atoms with E-state index in [-0.39, 0.29) is 5.75 Å². The SMILES string of the molecule is Cc1ncnc(C)c1CS(=O)(=O)C(C)(C)C. The van der Waals surface area contributed by atoms with Gasteiger partial charge in [-0.2, -0.15) is 0 Å². The maximum atomic E-state index is 12.1. The molecule has 0 fully saturated rings. The minimum Gasteiger partial charge on any atom is -0.241 e. The summed E-state index contributed by atoms with van der Waals surface area (Å²) in [7, 11) is -3.18.